The van der Waals surface area contributed by atoms with E-state index < -0.39 is 23.6 Å². The fourth-order valence-corrected chi connectivity index (χ4v) is 2.03. The van der Waals surface area contributed by atoms with E-state index in [1.54, 1.807) is 0 Å². The maximum Gasteiger partial charge on any atom is 0.416 e. The molecule has 0 bridgehead atoms. The Hall–Kier alpha value is -2.84. The Balaban J connectivity index is 2.26. The molecule has 6 nitrogen and oxygen atoms in total. The summed E-state index contributed by atoms with van der Waals surface area (Å²) in [6.45, 7) is 1.39. The van der Waals surface area contributed by atoms with Crippen molar-refractivity contribution in [1.29, 1.82) is 0 Å². The second kappa shape index (κ2) is 6.73. The number of hydrogen-bond donors (Lipinski definition) is 2. The maximum atomic E-state index is 12.6. The van der Waals surface area contributed by atoms with Gasteiger partial charge in [-0.2, -0.15) is 13.2 Å². The summed E-state index contributed by atoms with van der Waals surface area (Å²) in [5.74, 6) is -1.50. The molecule has 1 amide bonds. The molecule has 9 heteroatoms. The van der Waals surface area contributed by atoms with Crippen molar-refractivity contribution in [3.05, 3.63) is 41.2 Å². The first-order valence-electron chi connectivity index (χ1n) is 6.84. The van der Waals surface area contributed by atoms with Gasteiger partial charge in [0.25, 0.3) is 5.91 Å². The summed E-state index contributed by atoms with van der Waals surface area (Å²) < 4.78 is 42.7. The highest BCUT2D eigenvalue weighted by Gasteiger charge is 2.30. The number of aliphatic carboxylic acids is 1. The average molecular weight is 342 g/mol. The Morgan fingerprint density at radius 1 is 1.25 bits per heavy atom. The number of aromatic nitrogens is 1. The molecule has 2 aromatic rings. The second-order valence-corrected chi connectivity index (χ2v) is 4.94. The highest BCUT2D eigenvalue weighted by molar-refractivity contribution is 6.00. The second-order valence-electron chi connectivity index (χ2n) is 4.94. The third-order valence-corrected chi connectivity index (χ3v) is 3.20. The Labute approximate surface area is 134 Å². The molecule has 2 N–H and O–H groups in total. The number of halogens is 3. The molecular formula is C15H13F3N2O4. The number of hydrogen-bond acceptors (Lipinski definition) is 4. The van der Waals surface area contributed by atoms with Gasteiger partial charge in [-0.25, -0.2) is 0 Å². The minimum atomic E-state index is -4.46. The number of aryl methyl sites for hydroxylation is 1. The van der Waals surface area contributed by atoms with Crippen molar-refractivity contribution >= 4 is 11.9 Å². The lowest BCUT2D eigenvalue weighted by molar-refractivity contribution is -0.138. The minimum Gasteiger partial charge on any atom is -0.481 e. The van der Waals surface area contributed by atoms with E-state index in [2.05, 4.69) is 10.5 Å². The molecule has 0 saturated carbocycles. The molecule has 0 saturated heterocycles. The number of rotatable bonds is 5. The lowest BCUT2D eigenvalue weighted by Gasteiger charge is -2.07. The van der Waals surface area contributed by atoms with Crippen LogP contribution in [0.15, 0.2) is 28.8 Å². The quantitative estimate of drug-likeness (QED) is 0.872. The molecule has 2 rings (SSSR count). The van der Waals surface area contributed by atoms with Crippen molar-refractivity contribution in [1.82, 2.24) is 10.5 Å². The fourth-order valence-electron chi connectivity index (χ4n) is 2.03. The number of benzene rings is 1. The van der Waals surface area contributed by atoms with Crippen LogP contribution in [0.5, 0.6) is 0 Å². The Morgan fingerprint density at radius 2 is 1.88 bits per heavy atom. The summed E-state index contributed by atoms with van der Waals surface area (Å²) in [6.07, 6.45) is -4.72. The first-order valence-corrected chi connectivity index (χ1v) is 6.84. The van der Waals surface area contributed by atoms with Crippen molar-refractivity contribution < 1.29 is 32.4 Å². The van der Waals surface area contributed by atoms with Crippen LogP contribution in [0.2, 0.25) is 0 Å². The molecule has 1 aromatic heterocycles. The number of carbonyl (C=O) groups excluding carboxylic acids is 1. The van der Waals surface area contributed by atoms with Gasteiger partial charge in [-0.3, -0.25) is 9.59 Å². The van der Waals surface area contributed by atoms with E-state index >= 15 is 0 Å². The van der Waals surface area contributed by atoms with Crippen LogP contribution in [0.4, 0.5) is 13.2 Å². The monoisotopic (exact) mass is 342 g/mol. The maximum absolute atomic E-state index is 12.6. The van der Waals surface area contributed by atoms with Gasteiger partial charge in [0.05, 0.1) is 12.0 Å². The molecule has 0 aliphatic carbocycles. The summed E-state index contributed by atoms with van der Waals surface area (Å²) in [5.41, 5.74) is -0.392. The van der Waals surface area contributed by atoms with Crippen LogP contribution in [0, 0.1) is 6.92 Å². The van der Waals surface area contributed by atoms with Gasteiger partial charge in [-0.05, 0) is 19.1 Å². The van der Waals surface area contributed by atoms with E-state index in [-0.39, 0.29) is 35.5 Å². The smallest absolute Gasteiger partial charge is 0.416 e. The lowest BCUT2D eigenvalue weighted by Crippen LogP contribution is -2.26. The molecule has 0 unspecified atom stereocenters. The summed E-state index contributed by atoms with van der Waals surface area (Å²) in [5, 5.41) is 14.7. The number of nitrogens with zero attached hydrogens (tertiary/aromatic N) is 1. The van der Waals surface area contributed by atoms with E-state index in [1.807, 2.05) is 0 Å². The van der Waals surface area contributed by atoms with Crippen molar-refractivity contribution in [3.8, 4) is 11.3 Å². The molecule has 0 aliphatic heterocycles. The van der Waals surface area contributed by atoms with Crippen LogP contribution in [0.1, 0.15) is 28.1 Å². The number of carboxylic acid groups (broad SMARTS) is 1. The van der Waals surface area contributed by atoms with Crippen molar-refractivity contribution in [2.75, 3.05) is 6.54 Å². The highest BCUT2D eigenvalue weighted by atomic mass is 19.4. The lowest BCUT2D eigenvalue weighted by atomic mass is 10.0. The van der Waals surface area contributed by atoms with Gasteiger partial charge in [-0.15, -0.1) is 0 Å². The van der Waals surface area contributed by atoms with E-state index in [0.717, 1.165) is 12.1 Å². The first kappa shape index (κ1) is 17.5. The number of amides is 1. The van der Waals surface area contributed by atoms with Crippen molar-refractivity contribution in [3.63, 3.8) is 0 Å². The van der Waals surface area contributed by atoms with Gasteiger partial charge in [0.15, 0.2) is 0 Å². The van der Waals surface area contributed by atoms with Gasteiger partial charge < -0.3 is 14.9 Å². The Bertz CT molecular complexity index is 751. The van der Waals surface area contributed by atoms with Crippen LogP contribution < -0.4 is 5.32 Å². The molecule has 1 aromatic carbocycles. The minimum absolute atomic E-state index is 0.0557. The molecule has 0 spiro atoms. The SMILES string of the molecule is Cc1onc(-c2ccc(C(F)(F)F)cc2)c1C(=O)NCCC(=O)O. The van der Waals surface area contributed by atoms with Crippen molar-refractivity contribution in [2.24, 2.45) is 0 Å². The Morgan fingerprint density at radius 3 is 2.42 bits per heavy atom. The first-order chi connectivity index (χ1) is 11.2. The van der Waals surface area contributed by atoms with Crippen LogP contribution in [-0.4, -0.2) is 28.7 Å². The van der Waals surface area contributed by atoms with Crippen LogP contribution in [-0.2, 0) is 11.0 Å². The topological polar surface area (TPSA) is 92.4 Å². The summed E-state index contributed by atoms with van der Waals surface area (Å²) >= 11 is 0. The molecule has 0 atom stereocenters. The Kier molecular flexibility index (Phi) is 4.91. The van der Waals surface area contributed by atoms with E-state index in [1.165, 1.54) is 19.1 Å². The van der Waals surface area contributed by atoms with E-state index in [9.17, 15) is 22.8 Å². The molecule has 24 heavy (non-hydrogen) atoms. The molecular weight excluding hydrogens is 329 g/mol. The fraction of sp³-hybridized carbons (Fsp3) is 0.267. The standard InChI is InChI=1S/C15H13F3N2O4/c1-8-12(14(23)19-7-6-11(21)22)13(20-24-8)9-2-4-10(5-3-9)15(16,17)18/h2-5H,6-7H2,1H3,(H,19,23)(H,21,22). The summed E-state index contributed by atoms with van der Waals surface area (Å²) in [6, 6.07) is 4.14. The van der Waals surface area contributed by atoms with Gasteiger partial charge in [0.2, 0.25) is 0 Å². The van der Waals surface area contributed by atoms with Gasteiger partial charge in [0.1, 0.15) is 17.0 Å². The van der Waals surface area contributed by atoms with Crippen LogP contribution >= 0.6 is 0 Å². The molecule has 1 heterocycles. The number of alkyl halides is 3. The van der Waals surface area contributed by atoms with Crippen molar-refractivity contribution in [2.45, 2.75) is 19.5 Å². The molecule has 0 radical (unpaired) electrons. The third kappa shape index (κ3) is 3.92. The highest BCUT2D eigenvalue weighted by Crippen LogP contribution is 2.32. The summed E-state index contributed by atoms with van der Waals surface area (Å²) in [7, 11) is 0. The third-order valence-electron chi connectivity index (χ3n) is 3.20. The zero-order valence-corrected chi connectivity index (χ0v) is 12.5. The summed E-state index contributed by atoms with van der Waals surface area (Å²) in [4.78, 5) is 22.6. The number of carbonyl (C=O) groups is 2. The molecule has 0 aliphatic rings. The predicted molar refractivity (Wildman–Crippen MR) is 76.3 cm³/mol. The zero-order valence-electron chi connectivity index (χ0n) is 12.5. The normalized spacial score (nSPS) is 11.3. The number of carboxylic acids is 1. The largest absolute Gasteiger partial charge is 0.481 e. The zero-order chi connectivity index (χ0) is 17.9. The predicted octanol–water partition coefficient (Wildman–Crippen LogP) is 2.87. The van der Waals surface area contributed by atoms with Gasteiger partial charge in [0, 0.05) is 12.1 Å². The molecule has 128 valence electrons. The van der Waals surface area contributed by atoms with E-state index in [0.29, 0.717) is 0 Å². The van der Waals surface area contributed by atoms with Gasteiger partial charge in [-0.1, -0.05) is 17.3 Å². The van der Waals surface area contributed by atoms with E-state index in [4.69, 9.17) is 9.63 Å². The average Bonchev–Trinajstić information content (AvgIpc) is 2.88. The van der Waals surface area contributed by atoms with Gasteiger partial charge >= 0.3 is 12.1 Å². The van der Waals surface area contributed by atoms with Crippen LogP contribution in [0.3, 0.4) is 0 Å². The van der Waals surface area contributed by atoms with Crippen LogP contribution in [0.25, 0.3) is 11.3 Å². The molecule has 0 fully saturated rings. The number of nitrogens with one attached hydrogen (secondary N) is 1.